The molecule has 1 unspecified atom stereocenters. The fourth-order valence-electron chi connectivity index (χ4n) is 2.16. The Morgan fingerprint density at radius 1 is 1.35 bits per heavy atom. The summed E-state index contributed by atoms with van der Waals surface area (Å²) in [5.41, 5.74) is 7.00. The molecule has 0 saturated carbocycles. The minimum absolute atomic E-state index is 0.0569. The summed E-state index contributed by atoms with van der Waals surface area (Å²) in [4.78, 5) is 23.1. The number of carboxylic acid groups (broad SMARTS) is 1. The number of nitrogens with two attached hydrogens (primary N) is 1. The van der Waals surface area contributed by atoms with Crippen molar-refractivity contribution in [3.05, 3.63) is 35.4 Å². The van der Waals surface area contributed by atoms with Crippen LogP contribution >= 0.6 is 0 Å². The zero-order valence-electron chi connectivity index (χ0n) is 11.8. The molecule has 0 spiro atoms. The van der Waals surface area contributed by atoms with Gasteiger partial charge in [0.25, 0.3) is 5.91 Å². The van der Waals surface area contributed by atoms with E-state index in [0.29, 0.717) is 24.9 Å². The van der Waals surface area contributed by atoms with E-state index < -0.39 is 5.97 Å². The Labute approximate surface area is 119 Å². The van der Waals surface area contributed by atoms with Gasteiger partial charge in [0.15, 0.2) is 0 Å². The van der Waals surface area contributed by atoms with Crippen LogP contribution in [0.5, 0.6) is 0 Å². The van der Waals surface area contributed by atoms with Gasteiger partial charge in [-0.1, -0.05) is 31.5 Å². The summed E-state index contributed by atoms with van der Waals surface area (Å²) in [5, 5.41) is 11.7. The third-order valence-electron chi connectivity index (χ3n) is 3.07. The average molecular weight is 278 g/mol. The lowest BCUT2D eigenvalue weighted by molar-refractivity contribution is -0.137. The largest absolute Gasteiger partial charge is 0.481 e. The van der Waals surface area contributed by atoms with E-state index in [1.54, 1.807) is 12.1 Å². The molecule has 1 aromatic rings. The van der Waals surface area contributed by atoms with Gasteiger partial charge in [-0.05, 0) is 31.0 Å². The monoisotopic (exact) mass is 278 g/mol. The van der Waals surface area contributed by atoms with Crippen molar-refractivity contribution in [2.75, 3.05) is 6.54 Å². The topological polar surface area (TPSA) is 92.4 Å². The molecular weight excluding hydrogens is 256 g/mol. The number of carbonyl (C=O) groups is 2. The fraction of sp³-hybridized carbons (Fsp3) is 0.467. The molecule has 5 heteroatoms. The van der Waals surface area contributed by atoms with Crippen molar-refractivity contribution in [3.8, 4) is 0 Å². The molecule has 1 rings (SSSR count). The molecule has 0 radical (unpaired) electrons. The number of carboxylic acids is 1. The van der Waals surface area contributed by atoms with Gasteiger partial charge in [0, 0.05) is 11.6 Å². The summed E-state index contributed by atoms with van der Waals surface area (Å²) < 4.78 is 0. The minimum atomic E-state index is -0.904. The van der Waals surface area contributed by atoms with Gasteiger partial charge in [-0.25, -0.2) is 0 Å². The molecule has 0 aromatic heterocycles. The van der Waals surface area contributed by atoms with Crippen molar-refractivity contribution in [1.82, 2.24) is 5.32 Å². The number of hydrogen-bond acceptors (Lipinski definition) is 3. The molecular formula is C15H22N2O3. The predicted octanol–water partition coefficient (Wildman–Crippen LogP) is 1.56. The van der Waals surface area contributed by atoms with Gasteiger partial charge in [-0.15, -0.1) is 0 Å². The Balaban J connectivity index is 2.80. The van der Waals surface area contributed by atoms with Gasteiger partial charge in [-0.2, -0.15) is 0 Å². The van der Waals surface area contributed by atoms with Crippen molar-refractivity contribution in [2.24, 2.45) is 5.73 Å². The van der Waals surface area contributed by atoms with Gasteiger partial charge >= 0.3 is 5.97 Å². The first-order chi connectivity index (χ1) is 9.58. The number of carbonyl (C=O) groups excluding carboxylic acids is 1. The first-order valence-corrected chi connectivity index (χ1v) is 6.89. The van der Waals surface area contributed by atoms with Gasteiger partial charge in [0.1, 0.15) is 0 Å². The molecule has 0 aliphatic rings. The number of aliphatic carboxylic acids is 1. The lowest BCUT2D eigenvalue weighted by atomic mass is 10.0. The van der Waals surface area contributed by atoms with Crippen molar-refractivity contribution in [1.29, 1.82) is 0 Å². The second-order valence-corrected chi connectivity index (χ2v) is 4.75. The highest BCUT2D eigenvalue weighted by Gasteiger charge is 2.17. The fourth-order valence-corrected chi connectivity index (χ4v) is 2.16. The molecule has 0 bridgehead atoms. The van der Waals surface area contributed by atoms with E-state index in [9.17, 15) is 9.59 Å². The van der Waals surface area contributed by atoms with Crippen LogP contribution in [0.1, 0.15) is 42.1 Å². The van der Waals surface area contributed by atoms with E-state index in [-0.39, 0.29) is 18.4 Å². The van der Waals surface area contributed by atoms with Crippen LogP contribution in [0.25, 0.3) is 0 Å². The molecule has 0 saturated heterocycles. The summed E-state index contributed by atoms with van der Waals surface area (Å²) in [6.45, 7) is 2.43. The third-order valence-corrected chi connectivity index (χ3v) is 3.07. The van der Waals surface area contributed by atoms with Gasteiger partial charge < -0.3 is 16.2 Å². The van der Waals surface area contributed by atoms with Crippen LogP contribution in [0, 0.1) is 0 Å². The quantitative estimate of drug-likeness (QED) is 0.673. The first-order valence-electron chi connectivity index (χ1n) is 6.89. The average Bonchev–Trinajstić information content (AvgIpc) is 2.39. The molecule has 1 amide bonds. The zero-order chi connectivity index (χ0) is 15.0. The highest BCUT2D eigenvalue weighted by molar-refractivity contribution is 5.96. The second-order valence-electron chi connectivity index (χ2n) is 4.75. The third kappa shape index (κ3) is 5.01. The lowest BCUT2D eigenvalue weighted by Gasteiger charge is -2.17. The zero-order valence-corrected chi connectivity index (χ0v) is 11.8. The lowest BCUT2D eigenvalue weighted by Crippen LogP contribution is -2.37. The molecule has 1 atom stereocenters. The van der Waals surface area contributed by atoms with E-state index in [4.69, 9.17) is 10.8 Å². The van der Waals surface area contributed by atoms with Gasteiger partial charge in [-0.3, -0.25) is 9.59 Å². The van der Waals surface area contributed by atoms with Crippen LogP contribution < -0.4 is 11.1 Å². The Hall–Kier alpha value is -1.88. The van der Waals surface area contributed by atoms with Crippen LogP contribution in [0.2, 0.25) is 0 Å². The van der Waals surface area contributed by atoms with E-state index in [0.717, 1.165) is 12.0 Å². The van der Waals surface area contributed by atoms with Crippen LogP contribution in [0.3, 0.4) is 0 Å². The summed E-state index contributed by atoms with van der Waals surface area (Å²) >= 11 is 0. The standard InChI is InChI=1S/C15H22N2O3/c1-2-5-12(10-14(18)19)17-15(20)13-7-4-3-6-11(13)8-9-16/h3-4,6-7,12H,2,5,8-10,16H2,1H3,(H,17,20)(H,18,19). The van der Waals surface area contributed by atoms with Crippen molar-refractivity contribution in [3.63, 3.8) is 0 Å². The summed E-state index contributed by atoms with van der Waals surface area (Å²) in [7, 11) is 0. The molecule has 20 heavy (non-hydrogen) atoms. The number of rotatable bonds is 8. The molecule has 0 aliphatic carbocycles. The molecule has 5 nitrogen and oxygen atoms in total. The Bertz CT molecular complexity index is 460. The SMILES string of the molecule is CCCC(CC(=O)O)NC(=O)c1ccccc1CCN. The smallest absolute Gasteiger partial charge is 0.305 e. The molecule has 0 aliphatic heterocycles. The molecule has 0 heterocycles. The number of benzene rings is 1. The highest BCUT2D eigenvalue weighted by Crippen LogP contribution is 2.11. The van der Waals surface area contributed by atoms with E-state index in [1.165, 1.54) is 0 Å². The maximum Gasteiger partial charge on any atom is 0.305 e. The first kappa shape index (κ1) is 16.2. The Kier molecular flexibility index (Phi) is 6.73. The summed E-state index contributed by atoms with van der Waals surface area (Å²) in [6.07, 6.45) is 2.04. The van der Waals surface area contributed by atoms with Crippen LogP contribution in [-0.4, -0.2) is 29.6 Å². The van der Waals surface area contributed by atoms with E-state index in [1.807, 2.05) is 19.1 Å². The number of nitrogens with one attached hydrogen (secondary N) is 1. The summed E-state index contributed by atoms with van der Waals surface area (Å²) in [6, 6.07) is 6.93. The van der Waals surface area contributed by atoms with Gasteiger partial charge in [0.2, 0.25) is 0 Å². The Morgan fingerprint density at radius 2 is 2.05 bits per heavy atom. The van der Waals surface area contributed by atoms with Crippen molar-refractivity contribution in [2.45, 2.75) is 38.6 Å². The maximum atomic E-state index is 12.3. The summed E-state index contributed by atoms with van der Waals surface area (Å²) in [5.74, 6) is -1.13. The molecule has 0 fully saturated rings. The molecule has 4 N–H and O–H groups in total. The second kappa shape index (κ2) is 8.32. The van der Waals surface area contributed by atoms with Crippen LogP contribution in [0.15, 0.2) is 24.3 Å². The van der Waals surface area contributed by atoms with Crippen LogP contribution in [-0.2, 0) is 11.2 Å². The van der Waals surface area contributed by atoms with Crippen molar-refractivity contribution >= 4 is 11.9 Å². The molecule has 1 aromatic carbocycles. The van der Waals surface area contributed by atoms with Crippen LogP contribution in [0.4, 0.5) is 0 Å². The van der Waals surface area contributed by atoms with Gasteiger partial charge in [0.05, 0.1) is 6.42 Å². The maximum absolute atomic E-state index is 12.3. The molecule has 110 valence electrons. The minimum Gasteiger partial charge on any atom is -0.481 e. The highest BCUT2D eigenvalue weighted by atomic mass is 16.4. The Morgan fingerprint density at radius 3 is 2.65 bits per heavy atom. The number of amides is 1. The van der Waals surface area contributed by atoms with E-state index in [2.05, 4.69) is 5.32 Å². The predicted molar refractivity (Wildman–Crippen MR) is 77.6 cm³/mol. The van der Waals surface area contributed by atoms with Crippen molar-refractivity contribution < 1.29 is 14.7 Å². The number of hydrogen-bond donors (Lipinski definition) is 3. The normalized spacial score (nSPS) is 11.9. The van der Waals surface area contributed by atoms with E-state index >= 15 is 0 Å².